The number of Topliss-reactive ketones (excluding diaryl/α,β-unsaturated/α-hetero) is 1. The lowest BCUT2D eigenvalue weighted by Crippen LogP contribution is -2.60. The number of aliphatic hydroxyl groups excluding tert-OH is 1. The maximum atomic E-state index is 14.2. The molecular weight excluding hydrogens is 620 g/mol. The molecule has 0 aromatic carbocycles. The molecule has 3 N–H and O–H groups in total. The topological polar surface area (TPSA) is 148 Å². The molecule has 1 saturated carbocycles. The Morgan fingerprint density at radius 1 is 1.04 bits per heavy atom. The quantitative estimate of drug-likeness (QED) is 0.268. The molecule has 0 bridgehead atoms. The third kappa shape index (κ3) is 8.19. The average molecular weight is 683 g/mol. The van der Waals surface area contributed by atoms with E-state index in [0.29, 0.717) is 32.0 Å². The molecule has 13 heteroatoms. The zero-order chi connectivity index (χ0) is 35.7. The second-order valence-electron chi connectivity index (χ2n) is 15.7. The van der Waals surface area contributed by atoms with Crippen LogP contribution in [-0.4, -0.2) is 140 Å². The van der Waals surface area contributed by atoms with Crippen molar-refractivity contribution < 1.29 is 43.2 Å². The van der Waals surface area contributed by atoms with Crippen molar-refractivity contribution in [3.63, 3.8) is 0 Å². The van der Waals surface area contributed by atoms with Crippen LogP contribution >= 0.6 is 0 Å². The van der Waals surface area contributed by atoms with Gasteiger partial charge in [0.05, 0.1) is 23.9 Å². The van der Waals surface area contributed by atoms with Crippen molar-refractivity contribution in [1.82, 2.24) is 20.4 Å². The molecule has 0 radical (unpaired) electrons. The Bertz CT molecular complexity index is 1140. The van der Waals surface area contributed by atoms with Gasteiger partial charge in [-0.1, -0.05) is 20.3 Å². The highest BCUT2D eigenvalue weighted by Gasteiger charge is 2.54. The average Bonchev–Trinajstić information content (AvgIpc) is 3.31. The van der Waals surface area contributed by atoms with Crippen LogP contribution in [0.5, 0.6) is 0 Å². The summed E-state index contributed by atoms with van der Waals surface area (Å²) in [6.45, 7) is 13.9. The van der Waals surface area contributed by atoms with Crippen LogP contribution in [0, 0.1) is 17.8 Å². The summed E-state index contributed by atoms with van der Waals surface area (Å²) in [5, 5.41) is 18.0. The van der Waals surface area contributed by atoms with Crippen LogP contribution in [0.1, 0.15) is 80.6 Å². The van der Waals surface area contributed by atoms with E-state index in [1.807, 2.05) is 32.8 Å². The van der Waals surface area contributed by atoms with Gasteiger partial charge in [-0.15, -0.1) is 0 Å². The number of methoxy groups -OCH3 is 1. The standard InChI is InChI=1S/C35H62N4O9/c1-19-16-34(6,44-11)30(47-32-28(41)26(38(8)9)15-25(46-32)18-39(10)24-13-12-14-24)20(2)27(40)21(3)31(42)45-23(5)35(7)29(22(4)36-17-19)37-33(43)48-35/h19-26,28-30,32,36,41H,12-18H2,1-11H3,(H,37,43)/t19-,20+,21?,22-,23-,25?,26?,28?,29-,30-,32?,34-,35-/m1/s1. The van der Waals surface area contributed by atoms with Gasteiger partial charge in [0, 0.05) is 37.7 Å². The van der Waals surface area contributed by atoms with Gasteiger partial charge in [0.2, 0.25) is 0 Å². The molecule has 0 spiro atoms. The van der Waals surface area contributed by atoms with Gasteiger partial charge in [-0.05, 0) is 93.9 Å². The molecule has 1 aliphatic carbocycles. The number of amides is 1. The number of cyclic esters (lactones) is 1. The smallest absolute Gasteiger partial charge is 0.408 e. The van der Waals surface area contributed by atoms with Gasteiger partial charge < -0.3 is 49.2 Å². The molecule has 3 heterocycles. The van der Waals surface area contributed by atoms with Gasteiger partial charge in [0.25, 0.3) is 0 Å². The minimum Gasteiger partial charge on any atom is -0.458 e. The molecular formula is C35H62N4O9. The van der Waals surface area contributed by atoms with E-state index in [4.69, 9.17) is 23.7 Å². The molecule has 276 valence electrons. The van der Waals surface area contributed by atoms with Crippen LogP contribution in [0.15, 0.2) is 0 Å². The van der Waals surface area contributed by atoms with E-state index >= 15 is 0 Å². The van der Waals surface area contributed by atoms with Crippen molar-refractivity contribution in [1.29, 1.82) is 0 Å². The molecule has 1 amide bonds. The predicted molar refractivity (Wildman–Crippen MR) is 179 cm³/mol. The molecule has 13 atom stereocenters. The number of ether oxygens (including phenoxy) is 5. The summed E-state index contributed by atoms with van der Waals surface area (Å²) >= 11 is 0. The number of rotatable bonds is 7. The highest BCUT2D eigenvalue weighted by Crippen LogP contribution is 2.37. The maximum absolute atomic E-state index is 14.2. The number of carbonyl (C=O) groups is 3. The summed E-state index contributed by atoms with van der Waals surface area (Å²) in [5.41, 5.74) is -2.17. The molecule has 5 unspecified atom stereocenters. The monoisotopic (exact) mass is 682 g/mol. The number of carbonyl (C=O) groups excluding carboxylic acids is 3. The van der Waals surface area contributed by atoms with Crippen LogP contribution < -0.4 is 10.6 Å². The lowest BCUT2D eigenvalue weighted by atomic mass is 9.78. The van der Waals surface area contributed by atoms with Crippen molar-refractivity contribution in [3.8, 4) is 0 Å². The first-order valence-corrected chi connectivity index (χ1v) is 17.8. The first-order chi connectivity index (χ1) is 22.4. The van der Waals surface area contributed by atoms with E-state index in [9.17, 15) is 19.5 Å². The Kier molecular flexibility index (Phi) is 12.6. The minimum atomic E-state index is -1.16. The van der Waals surface area contributed by atoms with E-state index in [0.717, 1.165) is 0 Å². The molecule has 4 fully saturated rings. The normalized spacial score (nSPS) is 43.9. The molecule has 4 aliphatic rings. The summed E-state index contributed by atoms with van der Waals surface area (Å²) in [6, 6.07) is -0.430. The second kappa shape index (κ2) is 15.6. The third-order valence-corrected chi connectivity index (χ3v) is 11.7. The van der Waals surface area contributed by atoms with Crippen molar-refractivity contribution in [2.24, 2.45) is 17.8 Å². The van der Waals surface area contributed by atoms with E-state index in [-0.39, 0.29) is 29.9 Å². The molecule has 3 aliphatic heterocycles. The van der Waals surface area contributed by atoms with E-state index < -0.39 is 65.7 Å². The number of likely N-dealkylation sites (N-methyl/N-ethyl adjacent to an activating group) is 2. The number of alkyl carbamates (subject to hydrolysis) is 1. The molecule has 4 rings (SSSR count). The van der Waals surface area contributed by atoms with Gasteiger partial charge in [-0.25, -0.2) is 4.79 Å². The van der Waals surface area contributed by atoms with Gasteiger partial charge in [-0.2, -0.15) is 0 Å². The number of aliphatic hydroxyl groups is 1. The summed E-state index contributed by atoms with van der Waals surface area (Å²) in [6.07, 6.45) is 0.188. The predicted octanol–water partition coefficient (Wildman–Crippen LogP) is 2.33. The summed E-state index contributed by atoms with van der Waals surface area (Å²) in [7, 11) is 7.59. The van der Waals surface area contributed by atoms with Gasteiger partial charge in [0.15, 0.2) is 17.7 Å². The summed E-state index contributed by atoms with van der Waals surface area (Å²) in [4.78, 5) is 44.4. The first kappa shape index (κ1) is 38.9. The largest absolute Gasteiger partial charge is 0.458 e. The molecule has 0 aromatic rings. The molecule has 48 heavy (non-hydrogen) atoms. The highest BCUT2D eigenvalue weighted by atomic mass is 16.7. The number of ketones is 1. The Balaban J connectivity index is 1.65. The van der Waals surface area contributed by atoms with E-state index in [2.05, 4.69) is 29.5 Å². The van der Waals surface area contributed by atoms with Crippen LogP contribution in [0.4, 0.5) is 4.79 Å². The zero-order valence-electron chi connectivity index (χ0n) is 31.0. The zero-order valence-corrected chi connectivity index (χ0v) is 31.0. The minimum absolute atomic E-state index is 0.0311. The van der Waals surface area contributed by atoms with Crippen molar-refractivity contribution in [3.05, 3.63) is 0 Å². The fourth-order valence-electron chi connectivity index (χ4n) is 8.05. The first-order valence-electron chi connectivity index (χ1n) is 17.8. The number of hydrogen-bond acceptors (Lipinski definition) is 12. The fraction of sp³-hybridized carbons (Fsp3) is 0.914. The van der Waals surface area contributed by atoms with Gasteiger partial charge >= 0.3 is 12.1 Å². The van der Waals surface area contributed by atoms with Crippen LogP contribution in [0.2, 0.25) is 0 Å². The Morgan fingerprint density at radius 3 is 2.29 bits per heavy atom. The lowest BCUT2D eigenvalue weighted by Gasteiger charge is -2.48. The number of hydrogen-bond donors (Lipinski definition) is 3. The highest BCUT2D eigenvalue weighted by molar-refractivity contribution is 6.00. The summed E-state index contributed by atoms with van der Waals surface area (Å²) < 4.78 is 31.0. The Labute approximate surface area is 287 Å². The van der Waals surface area contributed by atoms with Crippen molar-refractivity contribution in [2.75, 3.05) is 41.3 Å². The molecule has 13 nitrogen and oxygen atoms in total. The van der Waals surface area contributed by atoms with Gasteiger partial charge in [-0.3, -0.25) is 9.59 Å². The molecule has 3 saturated heterocycles. The third-order valence-electron chi connectivity index (χ3n) is 11.7. The molecule has 0 aromatic heterocycles. The van der Waals surface area contributed by atoms with E-state index in [1.54, 1.807) is 27.9 Å². The second-order valence-corrected chi connectivity index (χ2v) is 15.7. The van der Waals surface area contributed by atoms with Crippen LogP contribution in [0.25, 0.3) is 0 Å². The van der Waals surface area contributed by atoms with E-state index in [1.165, 1.54) is 26.2 Å². The van der Waals surface area contributed by atoms with Crippen molar-refractivity contribution in [2.45, 2.75) is 147 Å². The number of fused-ring (bicyclic) bond motifs is 1. The number of nitrogens with zero attached hydrogens (tertiary/aromatic N) is 2. The lowest BCUT2D eigenvalue weighted by molar-refractivity contribution is -0.299. The SMILES string of the molecule is CO[C@]1(C)C[C@@H](C)CN[C@H](C)[C@H]2NC(=O)O[C@]2(C)[C@@H](C)OC(=O)C(C)C(=O)[C@H](C)[C@H]1OC1OC(CN(C)C2CCC2)CC(N(C)C)C1O. The Hall–Kier alpha value is -1.87. The number of esters is 1. The van der Waals surface area contributed by atoms with Crippen molar-refractivity contribution >= 4 is 17.8 Å². The Morgan fingerprint density at radius 2 is 1.71 bits per heavy atom. The van der Waals surface area contributed by atoms with Crippen LogP contribution in [0.3, 0.4) is 0 Å². The van der Waals surface area contributed by atoms with Crippen LogP contribution in [-0.2, 0) is 33.3 Å². The fourth-order valence-corrected chi connectivity index (χ4v) is 8.05. The maximum Gasteiger partial charge on any atom is 0.408 e. The summed E-state index contributed by atoms with van der Waals surface area (Å²) in [5.74, 6) is -3.05. The van der Waals surface area contributed by atoms with Gasteiger partial charge in [0.1, 0.15) is 18.1 Å². The number of nitrogens with one attached hydrogen (secondary N) is 2.